The average Bonchev–Trinajstić information content (AvgIpc) is 3.11. The highest BCUT2D eigenvalue weighted by Crippen LogP contribution is 2.28. The molecule has 0 aliphatic carbocycles. The summed E-state index contributed by atoms with van der Waals surface area (Å²) in [6.07, 6.45) is 1.84. The standard InChI is InChI=1S/C19H25N3O3/c1-4-24-19(23)16-9-6-10-22(12-16)14(3)17-20-21-18(25-17)15-8-5-7-13(2)11-15/h5,7-8,11,14,16H,4,6,9-10,12H2,1-3H3/t14-,16-/m0/s1. The molecule has 2 atom stereocenters. The quantitative estimate of drug-likeness (QED) is 0.775. The maximum absolute atomic E-state index is 12.0. The number of nitrogens with zero attached hydrogens (tertiary/aromatic N) is 3. The van der Waals surface area contributed by atoms with Gasteiger partial charge in [-0.2, -0.15) is 0 Å². The number of piperidine rings is 1. The lowest BCUT2D eigenvalue weighted by atomic mass is 9.97. The van der Waals surface area contributed by atoms with E-state index in [1.54, 1.807) is 0 Å². The summed E-state index contributed by atoms with van der Waals surface area (Å²) >= 11 is 0. The predicted octanol–water partition coefficient (Wildman–Crippen LogP) is 3.38. The number of benzene rings is 1. The fourth-order valence-electron chi connectivity index (χ4n) is 3.27. The Morgan fingerprint density at radius 1 is 1.44 bits per heavy atom. The van der Waals surface area contributed by atoms with Gasteiger partial charge in [-0.25, -0.2) is 0 Å². The zero-order chi connectivity index (χ0) is 17.8. The molecular weight excluding hydrogens is 318 g/mol. The smallest absolute Gasteiger partial charge is 0.310 e. The van der Waals surface area contributed by atoms with Crippen molar-refractivity contribution in [2.24, 2.45) is 5.92 Å². The van der Waals surface area contributed by atoms with Gasteiger partial charge in [0.25, 0.3) is 0 Å². The van der Waals surface area contributed by atoms with Crippen molar-refractivity contribution in [1.29, 1.82) is 0 Å². The van der Waals surface area contributed by atoms with Gasteiger partial charge in [-0.15, -0.1) is 10.2 Å². The summed E-state index contributed by atoms with van der Waals surface area (Å²) < 4.78 is 11.1. The summed E-state index contributed by atoms with van der Waals surface area (Å²) in [6, 6.07) is 7.98. The number of esters is 1. The van der Waals surface area contributed by atoms with Gasteiger partial charge in [0.05, 0.1) is 18.6 Å². The van der Waals surface area contributed by atoms with Gasteiger partial charge in [0.15, 0.2) is 0 Å². The molecule has 25 heavy (non-hydrogen) atoms. The van der Waals surface area contributed by atoms with Crippen LogP contribution in [0.3, 0.4) is 0 Å². The Hall–Kier alpha value is -2.21. The number of rotatable bonds is 5. The lowest BCUT2D eigenvalue weighted by molar-refractivity contribution is -0.150. The molecule has 1 saturated heterocycles. The largest absolute Gasteiger partial charge is 0.466 e. The number of aromatic nitrogens is 2. The van der Waals surface area contributed by atoms with Gasteiger partial charge in [0.1, 0.15) is 0 Å². The van der Waals surface area contributed by atoms with Crippen LogP contribution in [0.1, 0.15) is 44.2 Å². The van der Waals surface area contributed by atoms with E-state index in [-0.39, 0.29) is 17.9 Å². The Bertz CT molecular complexity index is 728. The van der Waals surface area contributed by atoms with Crippen molar-refractivity contribution >= 4 is 5.97 Å². The zero-order valence-corrected chi connectivity index (χ0v) is 15.1. The molecule has 1 aromatic heterocycles. The van der Waals surface area contributed by atoms with E-state index in [0.29, 0.717) is 24.9 Å². The van der Waals surface area contributed by atoms with Gasteiger partial charge < -0.3 is 9.15 Å². The maximum atomic E-state index is 12.0. The van der Waals surface area contributed by atoms with E-state index in [2.05, 4.69) is 15.1 Å². The fourth-order valence-corrected chi connectivity index (χ4v) is 3.27. The normalized spacial score (nSPS) is 19.6. The number of hydrogen-bond acceptors (Lipinski definition) is 6. The van der Waals surface area contributed by atoms with E-state index in [1.807, 2.05) is 45.0 Å². The molecule has 0 radical (unpaired) electrons. The second-order valence-corrected chi connectivity index (χ2v) is 6.58. The molecule has 0 saturated carbocycles. The van der Waals surface area contributed by atoms with Crippen LogP contribution >= 0.6 is 0 Å². The minimum atomic E-state index is -0.106. The Morgan fingerprint density at radius 2 is 2.28 bits per heavy atom. The Labute approximate surface area is 148 Å². The average molecular weight is 343 g/mol. The lowest BCUT2D eigenvalue weighted by Gasteiger charge is -2.34. The van der Waals surface area contributed by atoms with Crippen molar-refractivity contribution in [1.82, 2.24) is 15.1 Å². The first-order valence-corrected chi connectivity index (χ1v) is 8.89. The number of likely N-dealkylation sites (tertiary alicyclic amines) is 1. The second-order valence-electron chi connectivity index (χ2n) is 6.58. The van der Waals surface area contributed by atoms with Crippen LogP contribution < -0.4 is 0 Å². The van der Waals surface area contributed by atoms with Gasteiger partial charge in [0, 0.05) is 12.1 Å². The van der Waals surface area contributed by atoms with Crippen LogP contribution in [-0.2, 0) is 9.53 Å². The van der Waals surface area contributed by atoms with E-state index in [9.17, 15) is 4.79 Å². The maximum Gasteiger partial charge on any atom is 0.310 e. The molecule has 0 amide bonds. The Balaban J connectivity index is 1.70. The number of ether oxygens (including phenoxy) is 1. The summed E-state index contributed by atoms with van der Waals surface area (Å²) in [5.74, 6) is 0.936. The fraction of sp³-hybridized carbons (Fsp3) is 0.526. The van der Waals surface area contributed by atoms with Gasteiger partial charge in [-0.1, -0.05) is 17.7 Å². The molecule has 6 nitrogen and oxygen atoms in total. The summed E-state index contributed by atoms with van der Waals surface area (Å²) in [5.41, 5.74) is 2.08. The van der Waals surface area contributed by atoms with Crippen LogP contribution in [-0.4, -0.2) is 40.8 Å². The minimum absolute atomic E-state index is 0.0247. The molecule has 1 aliphatic rings. The highest BCUT2D eigenvalue weighted by molar-refractivity contribution is 5.72. The van der Waals surface area contributed by atoms with E-state index < -0.39 is 0 Å². The summed E-state index contributed by atoms with van der Waals surface area (Å²) in [5, 5.41) is 8.42. The first-order valence-electron chi connectivity index (χ1n) is 8.89. The SMILES string of the molecule is CCOC(=O)[C@H]1CCCN([C@@H](C)c2nnc(-c3cccc(C)c3)o2)C1. The van der Waals surface area contributed by atoms with E-state index in [1.165, 1.54) is 0 Å². The van der Waals surface area contributed by atoms with Crippen LogP contribution in [0.4, 0.5) is 0 Å². The molecule has 1 aliphatic heterocycles. The topological polar surface area (TPSA) is 68.5 Å². The molecule has 134 valence electrons. The van der Waals surface area contributed by atoms with Gasteiger partial charge in [0.2, 0.25) is 11.8 Å². The van der Waals surface area contributed by atoms with Crippen LogP contribution in [0.2, 0.25) is 0 Å². The molecule has 2 aromatic rings. The molecule has 1 fully saturated rings. The Morgan fingerprint density at radius 3 is 3.04 bits per heavy atom. The van der Waals surface area contributed by atoms with Gasteiger partial charge in [-0.05, 0) is 52.3 Å². The number of aryl methyl sites for hydroxylation is 1. The van der Waals surface area contributed by atoms with E-state index in [0.717, 1.165) is 30.5 Å². The second kappa shape index (κ2) is 7.78. The minimum Gasteiger partial charge on any atom is -0.466 e. The molecule has 0 N–H and O–H groups in total. The number of carbonyl (C=O) groups is 1. The summed E-state index contributed by atoms with van der Waals surface area (Å²) in [7, 11) is 0. The van der Waals surface area contributed by atoms with Gasteiger partial charge >= 0.3 is 5.97 Å². The van der Waals surface area contributed by atoms with Gasteiger partial charge in [-0.3, -0.25) is 9.69 Å². The summed E-state index contributed by atoms with van der Waals surface area (Å²) in [4.78, 5) is 14.2. The Kier molecular flexibility index (Phi) is 5.48. The molecule has 0 bridgehead atoms. The third kappa shape index (κ3) is 4.07. The van der Waals surface area contributed by atoms with Crippen molar-refractivity contribution < 1.29 is 13.9 Å². The first-order chi connectivity index (χ1) is 12.1. The highest BCUT2D eigenvalue weighted by atomic mass is 16.5. The van der Waals surface area contributed by atoms with Crippen molar-refractivity contribution in [2.75, 3.05) is 19.7 Å². The number of carbonyl (C=O) groups excluding carboxylic acids is 1. The zero-order valence-electron chi connectivity index (χ0n) is 15.1. The first kappa shape index (κ1) is 17.6. The van der Waals surface area contributed by atoms with Crippen molar-refractivity contribution in [3.8, 4) is 11.5 Å². The monoisotopic (exact) mass is 343 g/mol. The van der Waals surface area contributed by atoms with E-state index in [4.69, 9.17) is 9.15 Å². The third-order valence-corrected chi connectivity index (χ3v) is 4.68. The molecular formula is C19H25N3O3. The van der Waals surface area contributed by atoms with E-state index >= 15 is 0 Å². The molecule has 0 unspecified atom stereocenters. The molecule has 1 aromatic carbocycles. The van der Waals surface area contributed by atoms with Crippen molar-refractivity contribution in [3.05, 3.63) is 35.7 Å². The molecule has 3 rings (SSSR count). The van der Waals surface area contributed by atoms with Crippen molar-refractivity contribution in [3.63, 3.8) is 0 Å². The highest BCUT2D eigenvalue weighted by Gasteiger charge is 2.31. The van der Waals surface area contributed by atoms with Crippen LogP contribution in [0.15, 0.2) is 28.7 Å². The van der Waals surface area contributed by atoms with Crippen molar-refractivity contribution in [2.45, 2.75) is 39.7 Å². The molecule has 0 spiro atoms. The summed E-state index contributed by atoms with van der Waals surface area (Å²) in [6.45, 7) is 7.93. The van der Waals surface area contributed by atoms with Crippen LogP contribution in [0.25, 0.3) is 11.5 Å². The third-order valence-electron chi connectivity index (χ3n) is 4.68. The predicted molar refractivity (Wildman–Crippen MR) is 93.8 cm³/mol. The van der Waals surface area contributed by atoms with Crippen LogP contribution in [0.5, 0.6) is 0 Å². The lowest BCUT2D eigenvalue weighted by Crippen LogP contribution is -2.40. The van der Waals surface area contributed by atoms with Crippen LogP contribution in [0, 0.1) is 12.8 Å². The number of hydrogen-bond donors (Lipinski definition) is 0. The molecule has 2 heterocycles. The molecule has 6 heteroatoms.